The third kappa shape index (κ3) is 4.01. The second kappa shape index (κ2) is 8.27. The molecule has 1 saturated heterocycles. The first-order chi connectivity index (χ1) is 12.6. The van der Waals surface area contributed by atoms with Gasteiger partial charge in [-0.3, -0.25) is 4.79 Å². The highest BCUT2D eigenvalue weighted by molar-refractivity contribution is 5.69. The third-order valence-corrected chi connectivity index (χ3v) is 4.52. The molecule has 0 unspecified atom stereocenters. The van der Waals surface area contributed by atoms with Crippen LogP contribution in [0.15, 0.2) is 12.4 Å². The number of rotatable bonds is 6. The zero-order valence-corrected chi connectivity index (χ0v) is 15.6. The van der Waals surface area contributed by atoms with Gasteiger partial charge in [-0.05, 0) is 32.8 Å². The number of anilines is 1. The zero-order valence-electron chi connectivity index (χ0n) is 15.6. The zero-order chi connectivity index (χ0) is 18.5. The van der Waals surface area contributed by atoms with Crippen LogP contribution in [0.25, 0.3) is 5.82 Å². The summed E-state index contributed by atoms with van der Waals surface area (Å²) in [7, 11) is 0. The first kappa shape index (κ1) is 18.3. The van der Waals surface area contributed by atoms with E-state index in [1.54, 1.807) is 6.33 Å². The standard InChI is InChI=1S/C18H25N5O3/c1-4-26-18(24)6-5-15-13(2)21-23(14(15)3)17-11-16(19-12-20-17)22-7-9-25-10-8-22/h11-12H,4-10H2,1-3H3. The van der Waals surface area contributed by atoms with E-state index in [-0.39, 0.29) is 5.97 Å². The van der Waals surface area contributed by atoms with Gasteiger partial charge >= 0.3 is 5.97 Å². The van der Waals surface area contributed by atoms with E-state index in [1.165, 1.54) is 0 Å². The van der Waals surface area contributed by atoms with Crippen molar-refractivity contribution in [2.45, 2.75) is 33.6 Å². The van der Waals surface area contributed by atoms with Gasteiger partial charge < -0.3 is 14.4 Å². The van der Waals surface area contributed by atoms with Crippen LogP contribution in [0, 0.1) is 13.8 Å². The molecule has 8 heteroatoms. The Kier molecular flexibility index (Phi) is 5.82. The lowest BCUT2D eigenvalue weighted by Gasteiger charge is -2.27. The normalized spacial score (nSPS) is 14.5. The quantitative estimate of drug-likeness (QED) is 0.725. The van der Waals surface area contributed by atoms with Crippen LogP contribution in [0.2, 0.25) is 0 Å². The van der Waals surface area contributed by atoms with Crippen molar-refractivity contribution in [2.24, 2.45) is 0 Å². The Bertz CT molecular complexity index is 768. The molecule has 1 fully saturated rings. The molecule has 2 aromatic heterocycles. The Balaban J connectivity index is 1.81. The molecule has 0 N–H and O–H groups in total. The average molecular weight is 359 g/mol. The number of nitrogens with zero attached hydrogens (tertiary/aromatic N) is 5. The van der Waals surface area contributed by atoms with Gasteiger partial charge in [-0.2, -0.15) is 5.10 Å². The minimum absolute atomic E-state index is 0.185. The van der Waals surface area contributed by atoms with Crippen LogP contribution in [0.5, 0.6) is 0 Å². The highest BCUT2D eigenvalue weighted by atomic mass is 16.5. The SMILES string of the molecule is CCOC(=O)CCc1c(C)nn(-c2cc(N3CCOCC3)ncn2)c1C. The Labute approximate surface area is 153 Å². The number of aromatic nitrogens is 4. The van der Waals surface area contributed by atoms with Crippen LogP contribution in [0.3, 0.4) is 0 Å². The molecular weight excluding hydrogens is 334 g/mol. The van der Waals surface area contributed by atoms with Crippen LogP contribution >= 0.6 is 0 Å². The molecule has 8 nitrogen and oxygen atoms in total. The fourth-order valence-electron chi connectivity index (χ4n) is 3.14. The molecule has 0 bridgehead atoms. The van der Waals surface area contributed by atoms with E-state index in [4.69, 9.17) is 9.47 Å². The number of esters is 1. The third-order valence-electron chi connectivity index (χ3n) is 4.52. The van der Waals surface area contributed by atoms with E-state index < -0.39 is 0 Å². The molecule has 140 valence electrons. The minimum atomic E-state index is -0.185. The highest BCUT2D eigenvalue weighted by Crippen LogP contribution is 2.21. The Morgan fingerprint density at radius 3 is 2.69 bits per heavy atom. The molecule has 0 atom stereocenters. The number of carbonyl (C=O) groups excluding carboxylic acids is 1. The number of ether oxygens (including phenoxy) is 2. The van der Waals surface area contributed by atoms with Crippen LogP contribution in [0.1, 0.15) is 30.3 Å². The summed E-state index contributed by atoms with van der Waals surface area (Å²) in [5, 5.41) is 4.62. The predicted molar refractivity (Wildman–Crippen MR) is 96.6 cm³/mol. The van der Waals surface area contributed by atoms with Crippen LogP contribution in [-0.4, -0.2) is 58.6 Å². The summed E-state index contributed by atoms with van der Waals surface area (Å²) in [6, 6.07) is 1.94. The largest absolute Gasteiger partial charge is 0.466 e. The number of carbonyl (C=O) groups is 1. The smallest absolute Gasteiger partial charge is 0.306 e. The average Bonchev–Trinajstić information content (AvgIpc) is 2.95. The van der Waals surface area contributed by atoms with Crippen molar-refractivity contribution in [3.05, 3.63) is 29.3 Å². The molecule has 0 radical (unpaired) electrons. The van der Waals surface area contributed by atoms with E-state index in [9.17, 15) is 4.79 Å². The maximum absolute atomic E-state index is 11.6. The second-order valence-electron chi connectivity index (χ2n) is 6.20. The fraction of sp³-hybridized carbons (Fsp3) is 0.556. The van der Waals surface area contributed by atoms with Crippen molar-refractivity contribution < 1.29 is 14.3 Å². The molecule has 0 saturated carbocycles. The first-order valence-electron chi connectivity index (χ1n) is 8.96. The molecule has 1 aliphatic heterocycles. The maximum atomic E-state index is 11.6. The van der Waals surface area contributed by atoms with Gasteiger partial charge in [-0.1, -0.05) is 0 Å². The van der Waals surface area contributed by atoms with Crippen molar-refractivity contribution in [1.29, 1.82) is 0 Å². The molecule has 26 heavy (non-hydrogen) atoms. The van der Waals surface area contributed by atoms with E-state index in [0.29, 0.717) is 32.7 Å². The minimum Gasteiger partial charge on any atom is -0.466 e. The van der Waals surface area contributed by atoms with Gasteiger partial charge in [0.25, 0.3) is 0 Å². The molecule has 3 rings (SSSR count). The Hall–Kier alpha value is -2.48. The summed E-state index contributed by atoms with van der Waals surface area (Å²) in [6.07, 6.45) is 2.52. The van der Waals surface area contributed by atoms with Gasteiger partial charge in [0.15, 0.2) is 5.82 Å². The van der Waals surface area contributed by atoms with Crippen molar-refractivity contribution in [3.8, 4) is 5.82 Å². The molecular formula is C18H25N5O3. The van der Waals surface area contributed by atoms with Crippen LogP contribution < -0.4 is 4.90 Å². The summed E-state index contributed by atoms with van der Waals surface area (Å²) >= 11 is 0. The van der Waals surface area contributed by atoms with Gasteiger partial charge in [0.1, 0.15) is 12.1 Å². The molecule has 0 amide bonds. The van der Waals surface area contributed by atoms with Crippen molar-refractivity contribution in [1.82, 2.24) is 19.7 Å². The van der Waals surface area contributed by atoms with Gasteiger partial charge in [0, 0.05) is 31.3 Å². The van der Waals surface area contributed by atoms with E-state index in [2.05, 4.69) is 20.0 Å². The molecule has 2 aromatic rings. The van der Waals surface area contributed by atoms with Gasteiger partial charge in [0.2, 0.25) is 0 Å². The summed E-state index contributed by atoms with van der Waals surface area (Å²) in [5.74, 6) is 1.42. The van der Waals surface area contributed by atoms with E-state index >= 15 is 0 Å². The molecule has 0 aromatic carbocycles. The predicted octanol–water partition coefficient (Wildman–Crippen LogP) is 1.61. The van der Waals surface area contributed by atoms with Crippen molar-refractivity contribution in [2.75, 3.05) is 37.8 Å². The number of hydrogen-bond donors (Lipinski definition) is 0. The Morgan fingerprint density at radius 1 is 1.23 bits per heavy atom. The summed E-state index contributed by atoms with van der Waals surface area (Å²) < 4.78 is 12.2. The van der Waals surface area contributed by atoms with Gasteiger partial charge in [-0.15, -0.1) is 0 Å². The lowest BCUT2D eigenvalue weighted by Crippen LogP contribution is -2.36. The second-order valence-corrected chi connectivity index (χ2v) is 6.20. The van der Waals surface area contributed by atoms with Crippen LogP contribution in [0.4, 0.5) is 5.82 Å². The highest BCUT2D eigenvalue weighted by Gasteiger charge is 2.17. The molecule has 3 heterocycles. The van der Waals surface area contributed by atoms with Gasteiger partial charge in [0.05, 0.1) is 25.5 Å². The lowest BCUT2D eigenvalue weighted by atomic mass is 10.1. The summed E-state index contributed by atoms with van der Waals surface area (Å²) in [5.41, 5.74) is 2.95. The molecule has 1 aliphatic rings. The number of hydrogen-bond acceptors (Lipinski definition) is 7. The van der Waals surface area contributed by atoms with E-state index in [1.807, 2.05) is 31.5 Å². The van der Waals surface area contributed by atoms with Crippen molar-refractivity contribution in [3.63, 3.8) is 0 Å². The monoisotopic (exact) mass is 359 g/mol. The number of morpholine rings is 1. The van der Waals surface area contributed by atoms with E-state index in [0.717, 1.165) is 41.7 Å². The van der Waals surface area contributed by atoms with Crippen LogP contribution in [-0.2, 0) is 20.7 Å². The molecule has 0 aliphatic carbocycles. The number of aryl methyl sites for hydroxylation is 1. The summed E-state index contributed by atoms with van der Waals surface area (Å²) in [4.78, 5) is 22.6. The van der Waals surface area contributed by atoms with Gasteiger partial charge in [-0.25, -0.2) is 14.6 Å². The molecule has 0 spiro atoms. The maximum Gasteiger partial charge on any atom is 0.306 e. The summed E-state index contributed by atoms with van der Waals surface area (Å²) in [6.45, 7) is 9.21. The lowest BCUT2D eigenvalue weighted by molar-refractivity contribution is -0.143. The topological polar surface area (TPSA) is 82.4 Å². The fourth-order valence-corrected chi connectivity index (χ4v) is 3.14. The Morgan fingerprint density at radius 2 is 1.96 bits per heavy atom. The first-order valence-corrected chi connectivity index (χ1v) is 8.96. The van der Waals surface area contributed by atoms with Crippen molar-refractivity contribution >= 4 is 11.8 Å².